The van der Waals surface area contributed by atoms with Gasteiger partial charge in [0.1, 0.15) is 5.82 Å². The van der Waals surface area contributed by atoms with Crippen molar-refractivity contribution in [3.8, 4) is 11.3 Å². The van der Waals surface area contributed by atoms with Gasteiger partial charge in [-0.15, -0.1) is 0 Å². The Bertz CT molecular complexity index is 442. The van der Waals surface area contributed by atoms with Crippen molar-refractivity contribution < 1.29 is 0 Å². The van der Waals surface area contributed by atoms with Gasteiger partial charge in [-0.05, 0) is 19.0 Å². The molecule has 2 aromatic rings. The standard InChI is InChI=1S/C13H20N4/c1-9(2)11(7-14-3)13-16-8-12(17-13)10-4-5-15-6-10/h4-6,8-9,11,14-15H,7H2,1-3H3,(H,16,17). The van der Waals surface area contributed by atoms with Crippen LogP contribution in [0.1, 0.15) is 25.6 Å². The van der Waals surface area contributed by atoms with Crippen molar-refractivity contribution in [1.82, 2.24) is 20.3 Å². The zero-order valence-corrected chi connectivity index (χ0v) is 10.6. The van der Waals surface area contributed by atoms with Crippen LogP contribution >= 0.6 is 0 Å². The van der Waals surface area contributed by atoms with Crippen molar-refractivity contribution in [2.45, 2.75) is 19.8 Å². The Balaban J connectivity index is 2.22. The Morgan fingerprint density at radius 1 is 1.41 bits per heavy atom. The predicted octanol–water partition coefficient (Wildman–Crippen LogP) is 2.36. The van der Waals surface area contributed by atoms with E-state index >= 15 is 0 Å². The molecule has 1 unspecified atom stereocenters. The van der Waals surface area contributed by atoms with E-state index in [1.54, 1.807) is 0 Å². The summed E-state index contributed by atoms with van der Waals surface area (Å²) in [6.07, 6.45) is 5.80. The van der Waals surface area contributed by atoms with Gasteiger partial charge in [0.15, 0.2) is 0 Å². The van der Waals surface area contributed by atoms with Gasteiger partial charge >= 0.3 is 0 Å². The lowest BCUT2D eigenvalue weighted by Gasteiger charge is -2.17. The van der Waals surface area contributed by atoms with Gasteiger partial charge in [0.05, 0.1) is 11.9 Å². The van der Waals surface area contributed by atoms with E-state index in [9.17, 15) is 0 Å². The van der Waals surface area contributed by atoms with Crippen molar-refractivity contribution in [3.05, 3.63) is 30.5 Å². The minimum absolute atomic E-state index is 0.424. The van der Waals surface area contributed by atoms with Gasteiger partial charge in [0, 0.05) is 30.4 Å². The molecule has 0 fully saturated rings. The highest BCUT2D eigenvalue weighted by molar-refractivity contribution is 5.57. The SMILES string of the molecule is CNCC(c1ncc(-c2cc[nH]c2)[nH]1)C(C)C. The molecule has 0 spiro atoms. The number of imidazole rings is 1. The van der Waals surface area contributed by atoms with Gasteiger partial charge in [-0.2, -0.15) is 0 Å². The highest BCUT2D eigenvalue weighted by Gasteiger charge is 2.18. The maximum atomic E-state index is 4.50. The van der Waals surface area contributed by atoms with Crippen molar-refractivity contribution in [2.24, 2.45) is 5.92 Å². The van der Waals surface area contributed by atoms with Crippen LogP contribution in [0.15, 0.2) is 24.7 Å². The average molecular weight is 232 g/mol. The minimum Gasteiger partial charge on any atom is -0.367 e. The van der Waals surface area contributed by atoms with Gasteiger partial charge in [-0.1, -0.05) is 13.8 Å². The molecule has 2 rings (SSSR count). The van der Waals surface area contributed by atoms with Crippen molar-refractivity contribution in [1.29, 1.82) is 0 Å². The number of H-pyrrole nitrogens is 2. The second-order valence-corrected chi connectivity index (χ2v) is 4.69. The third kappa shape index (κ3) is 2.58. The first-order valence-corrected chi connectivity index (χ1v) is 6.05. The number of likely N-dealkylation sites (N-methyl/N-ethyl adjacent to an activating group) is 1. The van der Waals surface area contributed by atoms with Crippen LogP contribution in [-0.2, 0) is 0 Å². The first-order valence-electron chi connectivity index (χ1n) is 6.05. The average Bonchev–Trinajstić information content (AvgIpc) is 2.95. The Hall–Kier alpha value is -1.55. The first kappa shape index (κ1) is 11.9. The largest absolute Gasteiger partial charge is 0.367 e. The second kappa shape index (κ2) is 5.19. The molecule has 2 heterocycles. The topological polar surface area (TPSA) is 56.5 Å². The normalized spacial score (nSPS) is 13.2. The number of hydrogen-bond acceptors (Lipinski definition) is 2. The van der Waals surface area contributed by atoms with Gasteiger partial charge in [-0.25, -0.2) is 4.98 Å². The fraction of sp³-hybridized carbons (Fsp3) is 0.462. The summed E-state index contributed by atoms with van der Waals surface area (Å²) in [5, 5.41) is 3.23. The summed E-state index contributed by atoms with van der Waals surface area (Å²) < 4.78 is 0. The molecule has 92 valence electrons. The van der Waals surface area contributed by atoms with E-state index in [0.29, 0.717) is 11.8 Å². The van der Waals surface area contributed by atoms with E-state index in [4.69, 9.17) is 0 Å². The lowest BCUT2D eigenvalue weighted by atomic mass is 9.95. The Morgan fingerprint density at radius 3 is 2.82 bits per heavy atom. The molecule has 17 heavy (non-hydrogen) atoms. The maximum Gasteiger partial charge on any atom is 0.111 e. The number of aromatic amines is 2. The Labute approximate surface area is 102 Å². The van der Waals surface area contributed by atoms with E-state index in [1.165, 1.54) is 0 Å². The van der Waals surface area contributed by atoms with Crippen LogP contribution in [0, 0.1) is 5.92 Å². The van der Waals surface area contributed by atoms with Crippen molar-refractivity contribution in [3.63, 3.8) is 0 Å². The highest BCUT2D eigenvalue weighted by Crippen LogP contribution is 2.24. The van der Waals surface area contributed by atoms with Crippen LogP contribution in [0.3, 0.4) is 0 Å². The van der Waals surface area contributed by atoms with Crippen LogP contribution in [0.2, 0.25) is 0 Å². The zero-order chi connectivity index (χ0) is 12.3. The Morgan fingerprint density at radius 2 is 2.24 bits per heavy atom. The lowest BCUT2D eigenvalue weighted by molar-refractivity contribution is 0.461. The summed E-state index contributed by atoms with van der Waals surface area (Å²) in [6, 6.07) is 2.04. The van der Waals surface area contributed by atoms with Crippen LogP contribution in [-0.4, -0.2) is 28.5 Å². The summed E-state index contributed by atoms with van der Waals surface area (Å²) in [5.74, 6) is 2.05. The summed E-state index contributed by atoms with van der Waals surface area (Å²) in [7, 11) is 1.98. The van der Waals surface area contributed by atoms with Crippen molar-refractivity contribution in [2.75, 3.05) is 13.6 Å². The van der Waals surface area contributed by atoms with Crippen LogP contribution in [0.4, 0.5) is 0 Å². The molecule has 0 aromatic carbocycles. The smallest absolute Gasteiger partial charge is 0.111 e. The second-order valence-electron chi connectivity index (χ2n) is 4.69. The summed E-state index contributed by atoms with van der Waals surface area (Å²) in [6.45, 7) is 5.39. The van der Waals surface area contributed by atoms with E-state index in [2.05, 4.69) is 34.1 Å². The van der Waals surface area contributed by atoms with Gasteiger partial charge in [0.25, 0.3) is 0 Å². The van der Waals surface area contributed by atoms with Crippen LogP contribution < -0.4 is 5.32 Å². The number of rotatable bonds is 5. The van der Waals surface area contributed by atoms with E-state index in [0.717, 1.165) is 23.6 Å². The van der Waals surface area contributed by atoms with Gasteiger partial charge < -0.3 is 15.3 Å². The van der Waals surface area contributed by atoms with Gasteiger partial charge in [-0.3, -0.25) is 0 Å². The van der Waals surface area contributed by atoms with E-state index in [1.807, 2.05) is 31.7 Å². The van der Waals surface area contributed by atoms with Crippen LogP contribution in [0.25, 0.3) is 11.3 Å². The molecule has 0 bridgehead atoms. The number of aromatic nitrogens is 3. The van der Waals surface area contributed by atoms with Crippen LogP contribution in [0.5, 0.6) is 0 Å². The molecule has 0 saturated carbocycles. The number of hydrogen-bond donors (Lipinski definition) is 3. The molecule has 3 N–H and O–H groups in total. The third-order valence-corrected chi connectivity index (χ3v) is 3.08. The molecular formula is C13H20N4. The van der Waals surface area contributed by atoms with Crippen molar-refractivity contribution >= 4 is 0 Å². The number of nitrogens with one attached hydrogen (secondary N) is 3. The minimum atomic E-state index is 0.424. The molecule has 2 aromatic heterocycles. The fourth-order valence-electron chi connectivity index (χ4n) is 2.03. The molecule has 4 nitrogen and oxygen atoms in total. The molecule has 0 radical (unpaired) electrons. The van der Waals surface area contributed by atoms with E-state index < -0.39 is 0 Å². The lowest BCUT2D eigenvalue weighted by Crippen LogP contribution is -2.22. The molecule has 0 amide bonds. The first-order chi connectivity index (χ1) is 8.22. The monoisotopic (exact) mass is 232 g/mol. The fourth-order valence-corrected chi connectivity index (χ4v) is 2.03. The maximum absolute atomic E-state index is 4.50. The quantitative estimate of drug-likeness (QED) is 0.741. The highest BCUT2D eigenvalue weighted by atomic mass is 14.9. The molecule has 1 atom stereocenters. The number of nitrogens with zero attached hydrogens (tertiary/aromatic N) is 1. The predicted molar refractivity (Wildman–Crippen MR) is 69.9 cm³/mol. The van der Waals surface area contributed by atoms with Gasteiger partial charge in [0.2, 0.25) is 0 Å². The molecule has 0 aliphatic carbocycles. The molecule has 0 saturated heterocycles. The molecule has 4 heteroatoms. The molecular weight excluding hydrogens is 212 g/mol. The van der Waals surface area contributed by atoms with E-state index in [-0.39, 0.29) is 0 Å². The summed E-state index contributed by atoms with van der Waals surface area (Å²) in [5.41, 5.74) is 2.22. The third-order valence-electron chi connectivity index (χ3n) is 3.08. The summed E-state index contributed by atoms with van der Waals surface area (Å²) >= 11 is 0. The molecule has 0 aliphatic heterocycles. The summed E-state index contributed by atoms with van der Waals surface area (Å²) in [4.78, 5) is 11.0. The Kier molecular flexibility index (Phi) is 3.64. The zero-order valence-electron chi connectivity index (χ0n) is 10.6. The molecule has 0 aliphatic rings.